The van der Waals surface area contributed by atoms with Crippen LogP contribution in [0.15, 0.2) is 11.6 Å². The molecule has 0 bridgehead atoms. The van der Waals surface area contributed by atoms with Gasteiger partial charge in [0.2, 0.25) is 0 Å². The number of allylic oxidation sites excluding steroid dienone is 1. The second kappa shape index (κ2) is 6.38. The summed E-state index contributed by atoms with van der Waals surface area (Å²) in [6.07, 6.45) is 5.70. The number of unbranched alkanes of at least 4 members (excludes halogenated alkanes) is 1. The van der Waals surface area contributed by atoms with E-state index in [2.05, 4.69) is 13.0 Å². The lowest BCUT2D eigenvalue weighted by Gasteiger charge is -2.18. The van der Waals surface area contributed by atoms with E-state index in [1.54, 1.807) is 0 Å². The fourth-order valence-electron chi connectivity index (χ4n) is 1.93. The van der Waals surface area contributed by atoms with Crippen molar-refractivity contribution in [1.29, 1.82) is 0 Å². The molecule has 0 aromatic heterocycles. The highest BCUT2D eigenvalue weighted by molar-refractivity contribution is 6.12. The van der Waals surface area contributed by atoms with Crippen LogP contribution in [0.1, 0.15) is 26.2 Å². The van der Waals surface area contributed by atoms with Gasteiger partial charge in [0.25, 0.3) is 0 Å². The summed E-state index contributed by atoms with van der Waals surface area (Å²) < 4.78 is 5.63. The molecule has 0 unspecified atom stereocenters. The Morgan fingerprint density at radius 1 is 1.64 bits per heavy atom. The Kier molecular flexibility index (Phi) is 5.44. The second-order valence-corrected chi connectivity index (χ2v) is 5.67. The minimum Gasteiger partial charge on any atom is -0.392 e. The van der Waals surface area contributed by atoms with Crippen LogP contribution >= 0.6 is 0 Å². The molecular formula is C11H22O2Si. The van der Waals surface area contributed by atoms with Crippen LogP contribution < -0.4 is 0 Å². The van der Waals surface area contributed by atoms with Crippen LogP contribution in [0, 0.1) is 5.92 Å². The normalized spacial score (nSPS) is 26.9. The molecule has 0 saturated carbocycles. The van der Waals surface area contributed by atoms with Gasteiger partial charge in [-0.25, -0.2) is 0 Å². The number of ether oxygens (including phenoxy) is 1. The number of hydrogen-bond donors (Lipinski definition) is 1. The maximum absolute atomic E-state index is 9.15. The molecule has 1 aliphatic carbocycles. The van der Waals surface area contributed by atoms with E-state index >= 15 is 0 Å². The third-order valence-electron chi connectivity index (χ3n) is 3.04. The van der Waals surface area contributed by atoms with E-state index in [0.29, 0.717) is 5.92 Å². The van der Waals surface area contributed by atoms with Crippen LogP contribution in [-0.4, -0.2) is 35.2 Å². The van der Waals surface area contributed by atoms with Crippen molar-refractivity contribution in [3.63, 3.8) is 0 Å². The quantitative estimate of drug-likeness (QED) is 0.404. The smallest absolute Gasteiger partial charge is 0.0645 e. The highest BCUT2D eigenvalue weighted by Gasteiger charge is 2.25. The van der Waals surface area contributed by atoms with E-state index in [4.69, 9.17) is 9.84 Å². The van der Waals surface area contributed by atoms with Crippen LogP contribution in [-0.2, 0) is 4.74 Å². The fourth-order valence-corrected chi connectivity index (χ4v) is 2.78. The summed E-state index contributed by atoms with van der Waals surface area (Å²) in [5, 5.41) is 9.15. The van der Waals surface area contributed by atoms with Gasteiger partial charge < -0.3 is 9.84 Å². The first-order valence-electron chi connectivity index (χ1n) is 5.67. The average molecular weight is 214 g/mol. The SMILES string of the molecule is CCCCOC[C@H]1C(CO)=CC[C@@H]1[SiH3]. The Hall–Kier alpha value is -0.123. The highest BCUT2D eigenvalue weighted by Crippen LogP contribution is 2.34. The third kappa shape index (κ3) is 3.22. The molecule has 0 heterocycles. The molecule has 1 aliphatic rings. The van der Waals surface area contributed by atoms with Crippen molar-refractivity contribution in [3.8, 4) is 0 Å². The van der Waals surface area contributed by atoms with Gasteiger partial charge in [-0.05, 0) is 24.0 Å². The monoisotopic (exact) mass is 214 g/mol. The summed E-state index contributed by atoms with van der Waals surface area (Å²) in [7, 11) is 1.20. The predicted molar refractivity (Wildman–Crippen MR) is 62.7 cm³/mol. The zero-order chi connectivity index (χ0) is 10.4. The van der Waals surface area contributed by atoms with E-state index in [9.17, 15) is 0 Å². The number of rotatable bonds is 6. The van der Waals surface area contributed by atoms with Crippen molar-refractivity contribution < 1.29 is 9.84 Å². The molecule has 0 aromatic rings. The number of aliphatic hydroxyl groups is 1. The molecule has 0 spiro atoms. The molecular weight excluding hydrogens is 192 g/mol. The van der Waals surface area contributed by atoms with Crippen molar-refractivity contribution in [2.75, 3.05) is 19.8 Å². The van der Waals surface area contributed by atoms with Crippen LogP contribution in [0.4, 0.5) is 0 Å². The maximum atomic E-state index is 9.15. The molecule has 1 rings (SSSR count). The van der Waals surface area contributed by atoms with Gasteiger partial charge in [0.05, 0.1) is 13.2 Å². The topological polar surface area (TPSA) is 29.5 Å². The van der Waals surface area contributed by atoms with Crippen molar-refractivity contribution >= 4 is 10.2 Å². The van der Waals surface area contributed by atoms with Gasteiger partial charge in [-0.15, -0.1) is 0 Å². The summed E-state index contributed by atoms with van der Waals surface area (Å²) in [6, 6.07) is 0. The van der Waals surface area contributed by atoms with Gasteiger partial charge in [-0.2, -0.15) is 0 Å². The molecule has 2 atom stereocenters. The van der Waals surface area contributed by atoms with E-state index in [1.807, 2.05) is 0 Å². The van der Waals surface area contributed by atoms with Gasteiger partial charge in [0.1, 0.15) is 0 Å². The Balaban J connectivity index is 2.24. The molecule has 2 nitrogen and oxygen atoms in total. The Labute approximate surface area is 89.8 Å². The van der Waals surface area contributed by atoms with E-state index in [1.165, 1.54) is 22.2 Å². The first kappa shape index (κ1) is 11.9. The first-order valence-corrected chi connectivity index (χ1v) is 6.82. The zero-order valence-corrected chi connectivity index (χ0v) is 11.3. The van der Waals surface area contributed by atoms with Gasteiger partial charge in [-0.1, -0.05) is 19.4 Å². The summed E-state index contributed by atoms with van der Waals surface area (Å²) in [5.74, 6) is 0.517. The van der Waals surface area contributed by atoms with Crippen molar-refractivity contribution in [1.82, 2.24) is 0 Å². The molecule has 82 valence electrons. The molecule has 0 radical (unpaired) electrons. The minimum atomic E-state index is 0.223. The molecule has 0 amide bonds. The third-order valence-corrected chi connectivity index (χ3v) is 4.31. The lowest BCUT2D eigenvalue weighted by atomic mass is 10.0. The zero-order valence-electron chi connectivity index (χ0n) is 9.33. The largest absolute Gasteiger partial charge is 0.392 e. The molecule has 0 saturated heterocycles. The standard InChI is InChI=1S/C11H22O2Si/c1-2-3-6-13-8-10-9(7-12)4-5-11(10)14/h4,10-12H,2-3,5-8H2,1,14H3/t10-,11-/m0/s1. The Morgan fingerprint density at radius 2 is 2.43 bits per heavy atom. The lowest BCUT2D eigenvalue weighted by molar-refractivity contribution is 0.104. The minimum absolute atomic E-state index is 0.223. The van der Waals surface area contributed by atoms with E-state index < -0.39 is 0 Å². The van der Waals surface area contributed by atoms with E-state index in [0.717, 1.165) is 31.6 Å². The Morgan fingerprint density at radius 3 is 3.07 bits per heavy atom. The lowest BCUT2D eigenvalue weighted by Crippen LogP contribution is -2.16. The van der Waals surface area contributed by atoms with Crippen molar-refractivity contribution in [2.24, 2.45) is 5.92 Å². The molecule has 0 fully saturated rings. The predicted octanol–water partition coefficient (Wildman–Crippen LogP) is 0.896. The van der Waals surface area contributed by atoms with Crippen LogP contribution in [0.25, 0.3) is 0 Å². The summed E-state index contributed by atoms with van der Waals surface area (Å²) in [6.45, 7) is 4.09. The first-order chi connectivity index (χ1) is 6.79. The molecule has 3 heteroatoms. The van der Waals surface area contributed by atoms with Gasteiger partial charge in [-0.3, -0.25) is 0 Å². The van der Waals surface area contributed by atoms with Crippen LogP contribution in [0.3, 0.4) is 0 Å². The van der Waals surface area contributed by atoms with Gasteiger partial charge in [0.15, 0.2) is 0 Å². The molecule has 14 heavy (non-hydrogen) atoms. The second-order valence-electron chi connectivity index (χ2n) is 4.19. The van der Waals surface area contributed by atoms with Crippen LogP contribution in [0.5, 0.6) is 0 Å². The number of aliphatic hydroxyl groups excluding tert-OH is 1. The molecule has 0 aliphatic heterocycles. The highest BCUT2D eigenvalue weighted by atomic mass is 28.1. The van der Waals surface area contributed by atoms with Gasteiger partial charge in [0, 0.05) is 22.8 Å². The summed E-state index contributed by atoms with van der Waals surface area (Å²) in [5.41, 5.74) is 1.99. The van der Waals surface area contributed by atoms with Crippen molar-refractivity contribution in [2.45, 2.75) is 31.7 Å². The van der Waals surface area contributed by atoms with Crippen molar-refractivity contribution in [3.05, 3.63) is 11.6 Å². The maximum Gasteiger partial charge on any atom is 0.0645 e. The van der Waals surface area contributed by atoms with Gasteiger partial charge >= 0.3 is 0 Å². The molecule has 1 N–H and O–H groups in total. The summed E-state index contributed by atoms with van der Waals surface area (Å²) in [4.78, 5) is 0. The fraction of sp³-hybridized carbons (Fsp3) is 0.818. The average Bonchev–Trinajstić information content (AvgIpc) is 2.55. The Bertz CT molecular complexity index is 192. The summed E-state index contributed by atoms with van der Waals surface area (Å²) >= 11 is 0. The number of hydrogen-bond acceptors (Lipinski definition) is 2. The van der Waals surface area contributed by atoms with Crippen LogP contribution in [0.2, 0.25) is 5.54 Å². The van der Waals surface area contributed by atoms with E-state index in [-0.39, 0.29) is 6.61 Å². The molecule has 0 aromatic carbocycles.